The molecule has 0 spiro atoms. The van der Waals surface area contributed by atoms with Crippen LogP contribution in [0.2, 0.25) is 0 Å². The Morgan fingerprint density at radius 3 is 2.64 bits per heavy atom. The van der Waals surface area contributed by atoms with Crippen LogP contribution in [0.5, 0.6) is 0 Å². The van der Waals surface area contributed by atoms with Gasteiger partial charge in [0.25, 0.3) is 0 Å². The van der Waals surface area contributed by atoms with Crippen LogP contribution in [-0.2, 0) is 0 Å². The first kappa shape index (κ1) is 17.1. The zero-order chi connectivity index (χ0) is 15.9. The van der Waals surface area contributed by atoms with Gasteiger partial charge >= 0.3 is 0 Å². The van der Waals surface area contributed by atoms with Crippen LogP contribution >= 0.6 is 0 Å². The van der Waals surface area contributed by atoms with Gasteiger partial charge in [-0.15, -0.1) is 0 Å². The standard InChI is InChI=1S/C21H33N/c1-5-7-9-10-19-12-13-22(18(4)15-19)21-14-17(3)20(16-21)11-8-6-2/h10,16H,4-9,11-15H2,1-3H3/b19-10+. The SMILES string of the molecule is C=C1C/C(=C/CCCC)CCN1C1=CC(CCCC)=C(C)C1. The fraction of sp³-hybridized carbons (Fsp3) is 0.619. The van der Waals surface area contributed by atoms with Gasteiger partial charge in [0.1, 0.15) is 0 Å². The average Bonchev–Trinajstić information content (AvgIpc) is 2.86. The summed E-state index contributed by atoms with van der Waals surface area (Å²) < 4.78 is 0. The van der Waals surface area contributed by atoms with Crippen LogP contribution in [0.15, 0.2) is 46.8 Å². The number of hydrogen-bond acceptors (Lipinski definition) is 1. The zero-order valence-electron chi connectivity index (χ0n) is 14.9. The minimum absolute atomic E-state index is 1.07. The Balaban J connectivity index is 1.93. The van der Waals surface area contributed by atoms with Crippen molar-refractivity contribution in [3.05, 3.63) is 46.8 Å². The summed E-state index contributed by atoms with van der Waals surface area (Å²) in [7, 11) is 0. The Labute approximate surface area is 137 Å². The number of nitrogens with zero attached hydrogens (tertiary/aromatic N) is 1. The molecule has 0 bridgehead atoms. The summed E-state index contributed by atoms with van der Waals surface area (Å²) in [6.07, 6.45) is 16.0. The third kappa shape index (κ3) is 4.38. The van der Waals surface area contributed by atoms with Gasteiger partial charge in [-0.25, -0.2) is 0 Å². The van der Waals surface area contributed by atoms with Gasteiger partial charge in [0.2, 0.25) is 0 Å². The fourth-order valence-corrected chi connectivity index (χ4v) is 3.48. The molecule has 0 amide bonds. The van der Waals surface area contributed by atoms with Gasteiger partial charge in [-0.2, -0.15) is 0 Å². The highest BCUT2D eigenvalue weighted by atomic mass is 15.2. The number of allylic oxidation sites excluding steroid dienone is 5. The first-order valence-electron chi connectivity index (χ1n) is 9.18. The number of likely N-dealkylation sites (tertiary alicyclic amines) is 1. The zero-order valence-corrected chi connectivity index (χ0v) is 14.9. The summed E-state index contributed by atoms with van der Waals surface area (Å²) in [6.45, 7) is 12.3. The maximum absolute atomic E-state index is 4.36. The van der Waals surface area contributed by atoms with Gasteiger partial charge in [0, 0.05) is 30.8 Å². The predicted octanol–water partition coefficient (Wildman–Crippen LogP) is 6.51. The van der Waals surface area contributed by atoms with Crippen LogP contribution in [0.1, 0.15) is 78.6 Å². The quantitative estimate of drug-likeness (QED) is 0.383. The van der Waals surface area contributed by atoms with E-state index in [1.807, 2.05) is 0 Å². The molecule has 0 N–H and O–H groups in total. The molecule has 0 radical (unpaired) electrons. The molecule has 1 aliphatic heterocycles. The van der Waals surface area contributed by atoms with Crippen LogP contribution in [0, 0.1) is 0 Å². The minimum atomic E-state index is 1.07. The molecule has 0 aromatic heterocycles. The van der Waals surface area contributed by atoms with E-state index in [0.29, 0.717) is 0 Å². The predicted molar refractivity (Wildman–Crippen MR) is 97.6 cm³/mol. The monoisotopic (exact) mass is 299 g/mol. The molecule has 1 fully saturated rings. The summed E-state index contributed by atoms with van der Waals surface area (Å²) in [4.78, 5) is 2.49. The van der Waals surface area contributed by atoms with Crippen molar-refractivity contribution >= 4 is 0 Å². The van der Waals surface area contributed by atoms with Gasteiger partial charge < -0.3 is 4.90 Å². The molecule has 1 heterocycles. The first-order chi connectivity index (χ1) is 10.7. The van der Waals surface area contributed by atoms with Crippen LogP contribution in [0.4, 0.5) is 0 Å². The second kappa shape index (κ2) is 8.41. The molecule has 22 heavy (non-hydrogen) atoms. The van der Waals surface area contributed by atoms with Crippen molar-refractivity contribution in [2.45, 2.75) is 78.6 Å². The lowest BCUT2D eigenvalue weighted by Gasteiger charge is -2.33. The van der Waals surface area contributed by atoms with Crippen LogP contribution in [0.25, 0.3) is 0 Å². The van der Waals surface area contributed by atoms with Crippen molar-refractivity contribution in [1.29, 1.82) is 0 Å². The maximum atomic E-state index is 4.36. The second-order valence-electron chi connectivity index (χ2n) is 6.87. The van der Waals surface area contributed by atoms with E-state index in [0.717, 1.165) is 19.4 Å². The Bertz CT molecular complexity index is 490. The highest BCUT2D eigenvalue weighted by Gasteiger charge is 2.23. The molecule has 1 aliphatic carbocycles. The van der Waals surface area contributed by atoms with Gasteiger partial charge in [0.15, 0.2) is 0 Å². The van der Waals surface area contributed by atoms with E-state index < -0.39 is 0 Å². The number of unbranched alkanes of at least 4 members (excludes halogenated alkanes) is 3. The van der Waals surface area contributed by atoms with Crippen molar-refractivity contribution < 1.29 is 0 Å². The molecule has 122 valence electrons. The van der Waals surface area contributed by atoms with E-state index in [1.54, 1.807) is 16.7 Å². The Hall–Kier alpha value is -1.24. The van der Waals surface area contributed by atoms with E-state index in [2.05, 4.69) is 44.4 Å². The molecule has 2 aliphatic rings. The number of hydrogen-bond donors (Lipinski definition) is 0. The topological polar surface area (TPSA) is 3.24 Å². The largest absolute Gasteiger partial charge is 0.348 e. The number of rotatable bonds is 7. The Morgan fingerprint density at radius 1 is 1.18 bits per heavy atom. The second-order valence-corrected chi connectivity index (χ2v) is 6.87. The van der Waals surface area contributed by atoms with E-state index >= 15 is 0 Å². The summed E-state index contributed by atoms with van der Waals surface area (Å²) in [5.74, 6) is 0. The number of piperidine rings is 1. The first-order valence-corrected chi connectivity index (χ1v) is 9.18. The fourth-order valence-electron chi connectivity index (χ4n) is 3.48. The molecular weight excluding hydrogens is 266 g/mol. The Kier molecular flexibility index (Phi) is 6.54. The van der Waals surface area contributed by atoms with Crippen molar-refractivity contribution in [3.63, 3.8) is 0 Å². The summed E-state index contributed by atoms with van der Waals surface area (Å²) >= 11 is 0. The maximum Gasteiger partial charge on any atom is 0.0262 e. The minimum Gasteiger partial charge on any atom is -0.348 e. The Morgan fingerprint density at radius 2 is 1.95 bits per heavy atom. The van der Waals surface area contributed by atoms with Crippen molar-refractivity contribution in [2.24, 2.45) is 0 Å². The molecule has 2 rings (SSSR count). The molecule has 0 unspecified atom stereocenters. The lowest BCUT2D eigenvalue weighted by Crippen LogP contribution is -2.27. The van der Waals surface area contributed by atoms with Gasteiger partial charge in [-0.05, 0) is 44.3 Å². The van der Waals surface area contributed by atoms with Gasteiger partial charge in [-0.3, -0.25) is 0 Å². The van der Waals surface area contributed by atoms with Gasteiger partial charge in [-0.1, -0.05) is 56.9 Å². The molecule has 1 nitrogen and oxygen atoms in total. The normalized spacial score (nSPS) is 21.0. The van der Waals surface area contributed by atoms with Crippen molar-refractivity contribution in [1.82, 2.24) is 4.90 Å². The van der Waals surface area contributed by atoms with Crippen molar-refractivity contribution in [2.75, 3.05) is 6.54 Å². The lowest BCUT2D eigenvalue weighted by molar-refractivity contribution is 0.386. The molecule has 0 saturated carbocycles. The summed E-state index contributed by atoms with van der Waals surface area (Å²) in [5, 5.41) is 0. The van der Waals surface area contributed by atoms with E-state index in [-0.39, 0.29) is 0 Å². The third-order valence-electron chi connectivity index (χ3n) is 4.94. The van der Waals surface area contributed by atoms with E-state index in [4.69, 9.17) is 0 Å². The summed E-state index contributed by atoms with van der Waals surface area (Å²) in [5.41, 5.74) is 7.53. The third-order valence-corrected chi connectivity index (χ3v) is 4.94. The average molecular weight is 300 g/mol. The van der Waals surface area contributed by atoms with Crippen LogP contribution in [0.3, 0.4) is 0 Å². The molecule has 1 heteroatoms. The van der Waals surface area contributed by atoms with Gasteiger partial charge in [0.05, 0.1) is 0 Å². The molecule has 0 aromatic carbocycles. The smallest absolute Gasteiger partial charge is 0.0262 e. The van der Waals surface area contributed by atoms with E-state index in [9.17, 15) is 0 Å². The molecule has 0 aromatic rings. The highest BCUT2D eigenvalue weighted by Crippen LogP contribution is 2.36. The summed E-state index contributed by atoms with van der Waals surface area (Å²) in [6, 6.07) is 0. The molecule has 1 saturated heterocycles. The van der Waals surface area contributed by atoms with Crippen LogP contribution in [-0.4, -0.2) is 11.4 Å². The van der Waals surface area contributed by atoms with Crippen molar-refractivity contribution in [3.8, 4) is 0 Å². The van der Waals surface area contributed by atoms with Crippen LogP contribution < -0.4 is 0 Å². The highest BCUT2D eigenvalue weighted by molar-refractivity contribution is 5.39. The lowest BCUT2D eigenvalue weighted by atomic mass is 9.98. The molecular formula is C21H33N. The molecule has 0 atom stereocenters. The van der Waals surface area contributed by atoms with E-state index in [1.165, 1.54) is 56.3 Å².